The van der Waals surface area contributed by atoms with Gasteiger partial charge in [-0.15, -0.1) is 10.2 Å². The summed E-state index contributed by atoms with van der Waals surface area (Å²) >= 11 is 7.66. The van der Waals surface area contributed by atoms with Crippen LogP contribution in [0.2, 0.25) is 5.02 Å². The average Bonchev–Trinajstić information content (AvgIpc) is 3.26. The highest BCUT2D eigenvalue weighted by atomic mass is 35.5. The van der Waals surface area contributed by atoms with Crippen LogP contribution in [0, 0.1) is 23.2 Å². The first-order chi connectivity index (χ1) is 16.5. The fourth-order valence-corrected chi connectivity index (χ4v) is 8.04. The van der Waals surface area contributed by atoms with E-state index in [1.807, 2.05) is 53.1 Å². The van der Waals surface area contributed by atoms with Crippen molar-refractivity contribution in [1.82, 2.24) is 14.8 Å². The van der Waals surface area contributed by atoms with Crippen LogP contribution in [0.1, 0.15) is 38.5 Å². The van der Waals surface area contributed by atoms with Crippen LogP contribution in [0.4, 0.5) is 0 Å². The number of methoxy groups -OCH3 is 1. The van der Waals surface area contributed by atoms with E-state index in [9.17, 15) is 4.79 Å². The summed E-state index contributed by atoms with van der Waals surface area (Å²) in [7, 11) is 1.65. The number of carbonyl (C=O) groups excluding carboxylic acids is 1. The maximum Gasteiger partial charge on any atom is 0.196 e. The number of ketones is 1. The van der Waals surface area contributed by atoms with Crippen molar-refractivity contribution in [3.8, 4) is 22.8 Å². The molecule has 4 bridgehead atoms. The van der Waals surface area contributed by atoms with E-state index in [2.05, 4.69) is 10.2 Å². The number of halogens is 1. The SMILES string of the molecule is COc1ccccc1-c1nnc(SCC(=O)C23CC4CC(CC(C4)C2)C3)n1-c1ccc(Cl)cc1. The van der Waals surface area contributed by atoms with Crippen LogP contribution in [0.5, 0.6) is 5.75 Å². The van der Waals surface area contributed by atoms with Crippen molar-refractivity contribution in [2.24, 2.45) is 23.2 Å². The van der Waals surface area contributed by atoms with Crippen molar-refractivity contribution < 1.29 is 9.53 Å². The topological polar surface area (TPSA) is 57.0 Å². The zero-order chi connectivity index (χ0) is 23.3. The van der Waals surface area contributed by atoms with Gasteiger partial charge >= 0.3 is 0 Å². The molecule has 0 saturated heterocycles. The molecule has 5 nitrogen and oxygen atoms in total. The molecule has 4 saturated carbocycles. The lowest BCUT2D eigenvalue weighted by Gasteiger charge is -2.56. The molecule has 1 aromatic heterocycles. The monoisotopic (exact) mass is 493 g/mol. The molecule has 0 N–H and O–H groups in total. The molecule has 0 atom stereocenters. The Hall–Kier alpha value is -2.31. The van der Waals surface area contributed by atoms with Gasteiger partial charge in [0.05, 0.1) is 18.4 Å². The van der Waals surface area contributed by atoms with Crippen molar-refractivity contribution in [2.45, 2.75) is 43.7 Å². The van der Waals surface area contributed by atoms with E-state index in [0.717, 1.165) is 54.0 Å². The van der Waals surface area contributed by atoms with Gasteiger partial charge in [-0.05, 0) is 92.7 Å². The third kappa shape index (κ3) is 3.85. The van der Waals surface area contributed by atoms with Crippen molar-refractivity contribution in [1.29, 1.82) is 0 Å². The number of ether oxygens (including phenoxy) is 1. The Balaban J connectivity index is 1.32. The first-order valence-electron chi connectivity index (χ1n) is 12.1. The minimum absolute atomic E-state index is 0.0989. The Morgan fingerprint density at radius 2 is 1.68 bits per heavy atom. The second-order valence-electron chi connectivity index (χ2n) is 10.2. The molecule has 7 heteroatoms. The van der Waals surface area contributed by atoms with E-state index >= 15 is 0 Å². The molecule has 34 heavy (non-hydrogen) atoms. The molecule has 4 aliphatic rings. The van der Waals surface area contributed by atoms with Crippen LogP contribution in [0.25, 0.3) is 17.1 Å². The van der Waals surface area contributed by atoms with Gasteiger partial charge in [0, 0.05) is 16.1 Å². The largest absolute Gasteiger partial charge is 0.496 e. The van der Waals surface area contributed by atoms with E-state index in [1.54, 1.807) is 7.11 Å². The summed E-state index contributed by atoms with van der Waals surface area (Å²) in [6, 6.07) is 15.4. The number of carbonyl (C=O) groups is 1. The normalized spacial score (nSPS) is 27.2. The molecule has 4 aliphatic carbocycles. The highest BCUT2D eigenvalue weighted by molar-refractivity contribution is 7.99. The second kappa shape index (κ2) is 8.72. The minimum atomic E-state index is -0.0989. The standard InChI is InChI=1S/C27H28ClN3O2S/c1-33-23-5-3-2-4-22(23)25-29-30-26(31(25)21-8-6-20(28)7-9-21)34-16-24(32)27-13-17-10-18(14-27)12-19(11-17)15-27/h2-9,17-19H,10-16H2,1H3. The lowest BCUT2D eigenvalue weighted by atomic mass is 9.48. The van der Waals surface area contributed by atoms with Gasteiger partial charge in [-0.1, -0.05) is 35.5 Å². The molecule has 0 aliphatic heterocycles. The summed E-state index contributed by atoms with van der Waals surface area (Å²) in [5.41, 5.74) is 1.66. The van der Waals surface area contributed by atoms with Gasteiger partial charge < -0.3 is 4.74 Å². The van der Waals surface area contributed by atoms with E-state index in [1.165, 1.54) is 31.0 Å². The fourth-order valence-electron chi connectivity index (χ4n) is 6.93. The Morgan fingerprint density at radius 3 is 2.32 bits per heavy atom. The summed E-state index contributed by atoms with van der Waals surface area (Å²) in [6.07, 6.45) is 7.30. The number of rotatable bonds is 7. The van der Waals surface area contributed by atoms with E-state index < -0.39 is 0 Å². The van der Waals surface area contributed by atoms with Crippen LogP contribution in [0.3, 0.4) is 0 Å². The smallest absolute Gasteiger partial charge is 0.196 e. The summed E-state index contributed by atoms with van der Waals surface area (Å²) in [5.74, 6) is 4.53. The highest BCUT2D eigenvalue weighted by Gasteiger charge is 2.54. The number of para-hydroxylation sites is 1. The molecule has 2 aromatic carbocycles. The van der Waals surface area contributed by atoms with Gasteiger partial charge in [-0.3, -0.25) is 9.36 Å². The number of aromatic nitrogens is 3. The van der Waals surface area contributed by atoms with E-state index in [-0.39, 0.29) is 5.41 Å². The fraction of sp³-hybridized carbons (Fsp3) is 0.444. The van der Waals surface area contributed by atoms with E-state index in [0.29, 0.717) is 27.5 Å². The Morgan fingerprint density at radius 1 is 1.03 bits per heavy atom. The lowest BCUT2D eigenvalue weighted by molar-refractivity contribution is -0.141. The second-order valence-corrected chi connectivity index (χ2v) is 11.6. The molecule has 0 amide bonds. The third-order valence-corrected chi connectivity index (χ3v) is 9.21. The number of hydrogen-bond donors (Lipinski definition) is 0. The molecule has 0 unspecified atom stereocenters. The quantitative estimate of drug-likeness (QED) is 0.353. The number of thioether (sulfide) groups is 1. The number of Topliss-reactive ketones (excluding diaryl/α,β-unsaturated/α-hetero) is 1. The third-order valence-electron chi connectivity index (χ3n) is 8.03. The highest BCUT2D eigenvalue weighted by Crippen LogP contribution is 2.60. The van der Waals surface area contributed by atoms with Gasteiger partial charge in [0.25, 0.3) is 0 Å². The average molecular weight is 494 g/mol. The molecule has 1 heterocycles. The number of benzene rings is 2. The molecule has 176 valence electrons. The van der Waals surface area contributed by atoms with Crippen molar-refractivity contribution in [3.63, 3.8) is 0 Å². The molecule has 0 radical (unpaired) electrons. The van der Waals surface area contributed by atoms with Crippen LogP contribution >= 0.6 is 23.4 Å². The molecule has 3 aromatic rings. The van der Waals surface area contributed by atoms with Crippen LogP contribution in [0.15, 0.2) is 53.7 Å². The first kappa shape index (κ1) is 22.2. The van der Waals surface area contributed by atoms with Crippen molar-refractivity contribution in [3.05, 3.63) is 53.6 Å². The maximum atomic E-state index is 13.6. The molecule has 4 fully saturated rings. The molecular formula is C27H28ClN3O2S. The summed E-state index contributed by atoms with van der Waals surface area (Å²) in [6.45, 7) is 0. The minimum Gasteiger partial charge on any atom is -0.496 e. The summed E-state index contributed by atoms with van der Waals surface area (Å²) in [4.78, 5) is 13.6. The summed E-state index contributed by atoms with van der Waals surface area (Å²) in [5, 5.41) is 10.4. The van der Waals surface area contributed by atoms with Gasteiger partial charge in [0.1, 0.15) is 11.5 Å². The predicted octanol–water partition coefficient (Wildman–Crippen LogP) is 6.47. The zero-order valence-electron chi connectivity index (χ0n) is 19.2. The summed E-state index contributed by atoms with van der Waals surface area (Å²) < 4.78 is 7.60. The van der Waals surface area contributed by atoms with Gasteiger partial charge in [0.2, 0.25) is 0 Å². The maximum absolute atomic E-state index is 13.6. The lowest BCUT2D eigenvalue weighted by Crippen LogP contribution is -2.50. The van der Waals surface area contributed by atoms with Gasteiger partial charge in [0.15, 0.2) is 11.0 Å². The van der Waals surface area contributed by atoms with Crippen LogP contribution < -0.4 is 4.74 Å². The first-order valence-corrected chi connectivity index (χ1v) is 13.4. The molecule has 0 spiro atoms. The molecular weight excluding hydrogens is 466 g/mol. The van der Waals surface area contributed by atoms with E-state index in [4.69, 9.17) is 16.3 Å². The van der Waals surface area contributed by atoms with Crippen LogP contribution in [-0.4, -0.2) is 33.4 Å². The Labute approximate surface area is 209 Å². The Bertz CT molecular complexity index is 1190. The zero-order valence-corrected chi connectivity index (χ0v) is 20.8. The number of nitrogens with zero attached hydrogens (tertiary/aromatic N) is 3. The predicted molar refractivity (Wildman–Crippen MR) is 135 cm³/mol. The van der Waals surface area contributed by atoms with Crippen molar-refractivity contribution in [2.75, 3.05) is 12.9 Å². The van der Waals surface area contributed by atoms with Gasteiger partial charge in [-0.2, -0.15) is 0 Å². The Kier molecular flexibility index (Phi) is 5.69. The van der Waals surface area contributed by atoms with Gasteiger partial charge in [-0.25, -0.2) is 0 Å². The molecule has 7 rings (SSSR count). The number of hydrogen-bond acceptors (Lipinski definition) is 5. The van der Waals surface area contributed by atoms with Crippen molar-refractivity contribution >= 4 is 29.1 Å². The van der Waals surface area contributed by atoms with Crippen LogP contribution in [-0.2, 0) is 4.79 Å².